The molecule has 0 saturated heterocycles. The smallest absolute Gasteiger partial charge is 0.137 e. The molecule has 0 bridgehead atoms. The van der Waals surface area contributed by atoms with Gasteiger partial charge in [0.2, 0.25) is 0 Å². The molecule has 1 aliphatic heterocycles. The predicted molar refractivity (Wildman–Crippen MR) is 70.4 cm³/mol. The van der Waals surface area contributed by atoms with Gasteiger partial charge in [-0.2, -0.15) is 0 Å². The van der Waals surface area contributed by atoms with Crippen LogP contribution in [0.3, 0.4) is 0 Å². The Bertz CT molecular complexity index is 415. The van der Waals surface area contributed by atoms with Crippen molar-refractivity contribution in [3.8, 4) is 0 Å². The monoisotopic (exact) mass is 253 g/mol. The van der Waals surface area contributed by atoms with Gasteiger partial charge in [0.15, 0.2) is 0 Å². The van der Waals surface area contributed by atoms with Gasteiger partial charge in [-0.1, -0.05) is 25.4 Å². The number of nitrogens with zero attached hydrogens (tertiary/aromatic N) is 3. The molecule has 1 aromatic rings. The molecule has 1 aliphatic rings. The van der Waals surface area contributed by atoms with Gasteiger partial charge in [-0.05, 0) is 13.8 Å². The summed E-state index contributed by atoms with van der Waals surface area (Å²) < 4.78 is 0. The van der Waals surface area contributed by atoms with Crippen LogP contribution in [-0.4, -0.2) is 27.5 Å². The van der Waals surface area contributed by atoms with Crippen molar-refractivity contribution in [3.05, 3.63) is 22.2 Å². The zero-order chi connectivity index (χ0) is 12.6. The molecule has 0 amide bonds. The van der Waals surface area contributed by atoms with Crippen LogP contribution in [0.25, 0.3) is 0 Å². The van der Waals surface area contributed by atoms with E-state index in [0.717, 1.165) is 36.6 Å². The standard InChI is InChI=1S/C13H20ClN3/c1-8(2)13-15-11-5-6-17(9(3)4)7-10(11)12(14)16-13/h8-9H,5-7H2,1-4H3. The van der Waals surface area contributed by atoms with Crippen molar-refractivity contribution in [1.29, 1.82) is 0 Å². The first-order chi connectivity index (χ1) is 7.99. The lowest BCUT2D eigenvalue weighted by molar-refractivity contribution is 0.201. The fraction of sp³-hybridized carbons (Fsp3) is 0.692. The molecular formula is C13H20ClN3. The zero-order valence-electron chi connectivity index (χ0n) is 11.0. The quantitative estimate of drug-likeness (QED) is 0.759. The van der Waals surface area contributed by atoms with Gasteiger partial charge in [-0.25, -0.2) is 9.97 Å². The van der Waals surface area contributed by atoms with Crippen LogP contribution >= 0.6 is 11.6 Å². The van der Waals surface area contributed by atoms with Gasteiger partial charge < -0.3 is 0 Å². The maximum absolute atomic E-state index is 6.28. The highest BCUT2D eigenvalue weighted by atomic mass is 35.5. The lowest BCUT2D eigenvalue weighted by Gasteiger charge is -2.31. The molecule has 2 rings (SSSR count). The lowest BCUT2D eigenvalue weighted by Crippen LogP contribution is -2.36. The third kappa shape index (κ3) is 2.61. The first-order valence-corrected chi connectivity index (χ1v) is 6.66. The molecule has 0 fully saturated rings. The van der Waals surface area contributed by atoms with Gasteiger partial charge in [-0.15, -0.1) is 0 Å². The highest BCUT2D eigenvalue weighted by Crippen LogP contribution is 2.26. The van der Waals surface area contributed by atoms with Crippen LogP contribution in [0.4, 0.5) is 0 Å². The largest absolute Gasteiger partial charge is 0.296 e. The van der Waals surface area contributed by atoms with E-state index in [4.69, 9.17) is 11.6 Å². The topological polar surface area (TPSA) is 29.0 Å². The molecule has 17 heavy (non-hydrogen) atoms. The summed E-state index contributed by atoms with van der Waals surface area (Å²) in [6.07, 6.45) is 0.982. The summed E-state index contributed by atoms with van der Waals surface area (Å²) in [6.45, 7) is 10.6. The van der Waals surface area contributed by atoms with Crippen molar-refractivity contribution in [2.45, 2.75) is 52.6 Å². The van der Waals surface area contributed by atoms with Gasteiger partial charge in [0.05, 0.1) is 5.69 Å². The summed E-state index contributed by atoms with van der Waals surface area (Å²) in [6, 6.07) is 0.545. The van der Waals surface area contributed by atoms with E-state index in [1.54, 1.807) is 0 Å². The summed E-state index contributed by atoms with van der Waals surface area (Å²) in [7, 11) is 0. The number of fused-ring (bicyclic) bond motifs is 1. The number of halogens is 1. The van der Waals surface area contributed by atoms with Crippen LogP contribution in [0.2, 0.25) is 5.15 Å². The Balaban J connectivity index is 2.34. The lowest BCUT2D eigenvalue weighted by atomic mass is 10.0. The summed E-state index contributed by atoms with van der Waals surface area (Å²) in [5, 5.41) is 0.643. The maximum Gasteiger partial charge on any atom is 0.137 e. The minimum Gasteiger partial charge on any atom is -0.296 e. The molecule has 3 nitrogen and oxygen atoms in total. The first-order valence-electron chi connectivity index (χ1n) is 6.28. The summed E-state index contributed by atoms with van der Waals surface area (Å²) >= 11 is 6.28. The highest BCUT2D eigenvalue weighted by Gasteiger charge is 2.23. The van der Waals surface area contributed by atoms with Crippen molar-refractivity contribution < 1.29 is 0 Å². The molecule has 0 N–H and O–H groups in total. The Labute approximate surface area is 108 Å². The molecule has 4 heteroatoms. The van der Waals surface area contributed by atoms with Crippen LogP contribution < -0.4 is 0 Å². The van der Waals surface area contributed by atoms with E-state index in [0.29, 0.717) is 17.1 Å². The Kier molecular flexibility index (Phi) is 3.69. The summed E-state index contributed by atoms with van der Waals surface area (Å²) in [5.41, 5.74) is 2.27. The summed E-state index contributed by atoms with van der Waals surface area (Å²) in [4.78, 5) is 11.5. The second-order valence-corrected chi connectivity index (χ2v) is 5.62. The summed E-state index contributed by atoms with van der Waals surface area (Å²) in [5.74, 6) is 1.20. The van der Waals surface area contributed by atoms with E-state index in [-0.39, 0.29) is 0 Å². The first kappa shape index (κ1) is 12.8. The van der Waals surface area contributed by atoms with Crippen LogP contribution in [0.5, 0.6) is 0 Å². The SMILES string of the molecule is CC(C)c1nc(Cl)c2c(n1)CCN(C(C)C)C2. The molecule has 0 aliphatic carbocycles. The van der Waals surface area contributed by atoms with Crippen LogP contribution in [-0.2, 0) is 13.0 Å². The average molecular weight is 254 g/mol. The van der Waals surface area contributed by atoms with Crippen molar-refractivity contribution in [2.75, 3.05) is 6.54 Å². The molecule has 0 aromatic carbocycles. The number of hydrogen-bond donors (Lipinski definition) is 0. The Hall–Kier alpha value is -0.670. The average Bonchev–Trinajstić information content (AvgIpc) is 2.28. The van der Waals surface area contributed by atoms with E-state index in [9.17, 15) is 0 Å². The third-order valence-electron chi connectivity index (χ3n) is 3.30. The molecule has 1 aromatic heterocycles. The van der Waals surface area contributed by atoms with Crippen LogP contribution in [0.15, 0.2) is 0 Å². The van der Waals surface area contributed by atoms with Gasteiger partial charge in [-0.3, -0.25) is 4.90 Å². The number of rotatable bonds is 2. The molecule has 0 saturated carbocycles. The van der Waals surface area contributed by atoms with E-state index < -0.39 is 0 Å². The van der Waals surface area contributed by atoms with E-state index in [1.807, 2.05) is 0 Å². The van der Waals surface area contributed by atoms with E-state index in [1.165, 1.54) is 0 Å². The zero-order valence-corrected chi connectivity index (χ0v) is 11.8. The number of hydrogen-bond acceptors (Lipinski definition) is 3. The van der Waals surface area contributed by atoms with Gasteiger partial charge in [0.25, 0.3) is 0 Å². The van der Waals surface area contributed by atoms with Gasteiger partial charge in [0, 0.05) is 37.0 Å². The Morgan fingerprint density at radius 1 is 1.18 bits per heavy atom. The highest BCUT2D eigenvalue weighted by molar-refractivity contribution is 6.30. The third-order valence-corrected chi connectivity index (χ3v) is 3.62. The number of aromatic nitrogens is 2. The van der Waals surface area contributed by atoms with Crippen molar-refractivity contribution >= 4 is 11.6 Å². The van der Waals surface area contributed by atoms with E-state index in [2.05, 4.69) is 42.6 Å². The van der Waals surface area contributed by atoms with Crippen LogP contribution in [0, 0.1) is 0 Å². The van der Waals surface area contributed by atoms with Crippen molar-refractivity contribution in [2.24, 2.45) is 0 Å². The van der Waals surface area contributed by atoms with Gasteiger partial charge in [0.1, 0.15) is 11.0 Å². The van der Waals surface area contributed by atoms with Crippen LogP contribution in [0.1, 0.15) is 50.7 Å². The Morgan fingerprint density at radius 2 is 1.88 bits per heavy atom. The van der Waals surface area contributed by atoms with Gasteiger partial charge >= 0.3 is 0 Å². The molecule has 0 unspecified atom stereocenters. The van der Waals surface area contributed by atoms with Crippen molar-refractivity contribution in [3.63, 3.8) is 0 Å². The normalized spacial score (nSPS) is 16.6. The minimum atomic E-state index is 0.334. The molecule has 0 atom stereocenters. The fourth-order valence-corrected chi connectivity index (χ4v) is 2.37. The molecule has 0 spiro atoms. The Morgan fingerprint density at radius 3 is 2.47 bits per heavy atom. The van der Waals surface area contributed by atoms with E-state index >= 15 is 0 Å². The second-order valence-electron chi connectivity index (χ2n) is 5.27. The fourth-order valence-electron chi connectivity index (χ4n) is 2.11. The van der Waals surface area contributed by atoms with Crippen molar-refractivity contribution in [1.82, 2.24) is 14.9 Å². The predicted octanol–water partition coefficient (Wildman–Crippen LogP) is 3.02. The molecule has 0 radical (unpaired) electrons. The molecule has 2 heterocycles. The molecular weight excluding hydrogens is 234 g/mol. The second kappa shape index (κ2) is 4.91. The minimum absolute atomic E-state index is 0.334. The maximum atomic E-state index is 6.28. The molecule has 94 valence electrons.